The molecule has 0 unspecified atom stereocenters. The number of benzene rings is 1. The fourth-order valence-corrected chi connectivity index (χ4v) is 4.11. The second kappa shape index (κ2) is 9.08. The van der Waals surface area contributed by atoms with Gasteiger partial charge in [-0.1, -0.05) is 6.07 Å². The summed E-state index contributed by atoms with van der Waals surface area (Å²) in [5.41, 5.74) is 2.54. The lowest BCUT2D eigenvalue weighted by Gasteiger charge is -2.17. The number of carbonyl (C=O) groups excluding carboxylic acids is 1. The molecule has 4 rings (SSSR count). The van der Waals surface area contributed by atoms with Crippen molar-refractivity contribution in [3.05, 3.63) is 65.5 Å². The van der Waals surface area contributed by atoms with Gasteiger partial charge < -0.3 is 18.6 Å². The van der Waals surface area contributed by atoms with E-state index >= 15 is 0 Å². The van der Waals surface area contributed by atoms with Crippen molar-refractivity contribution in [3.8, 4) is 0 Å². The minimum absolute atomic E-state index is 0.0918. The molecule has 0 saturated carbocycles. The number of Topliss-reactive ketones (excluding diaryl/α,β-unsaturated/α-hetero) is 1. The van der Waals surface area contributed by atoms with Gasteiger partial charge in [0.25, 0.3) is 0 Å². The van der Waals surface area contributed by atoms with Gasteiger partial charge in [0, 0.05) is 34.3 Å². The molecule has 0 radical (unpaired) electrons. The van der Waals surface area contributed by atoms with E-state index < -0.39 is 5.79 Å². The van der Waals surface area contributed by atoms with Crippen LogP contribution >= 0.6 is 11.8 Å². The average Bonchev–Trinajstić information content (AvgIpc) is 3.29. The highest BCUT2D eigenvalue weighted by molar-refractivity contribution is 7.98. The maximum atomic E-state index is 14.6. The lowest BCUT2D eigenvalue weighted by Crippen LogP contribution is -2.25. The molecule has 1 saturated heterocycles. The molecule has 3 heterocycles. The predicted molar refractivity (Wildman–Crippen MR) is 116 cm³/mol. The lowest BCUT2D eigenvalue weighted by molar-refractivity contribution is -0.144. The molecule has 0 spiro atoms. The second-order valence-corrected chi connectivity index (χ2v) is 8.78. The molecule has 3 aromatic rings. The van der Waals surface area contributed by atoms with Crippen molar-refractivity contribution >= 4 is 23.1 Å². The Morgan fingerprint density at radius 1 is 1.35 bits per heavy atom. The number of ketones is 1. The molecule has 1 aromatic carbocycles. The van der Waals surface area contributed by atoms with Crippen LogP contribution in [0.2, 0.25) is 0 Å². The van der Waals surface area contributed by atoms with Crippen LogP contribution in [0.15, 0.2) is 47.8 Å². The fraction of sp³-hybridized carbons (Fsp3) is 0.391. The Morgan fingerprint density at radius 3 is 2.90 bits per heavy atom. The van der Waals surface area contributed by atoms with Gasteiger partial charge in [-0.05, 0) is 49.9 Å². The molecule has 1 atom stereocenters. The zero-order chi connectivity index (χ0) is 22.0. The smallest absolute Gasteiger partial charge is 0.190 e. The first kappa shape index (κ1) is 22.0. The first-order chi connectivity index (χ1) is 14.9. The molecule has 0 bridgehead atoms. The van der Waals surface area contributed by atoms with E-state index in [-0.39, 0.29) is 37.3 Å². The number of thioether (sulfide) groups is 1. The Bertz CT molecular complexity index is 1100. The number of hydrogen-bond acceptors (Lipinski definition) is 6. The molecule has 1 aliphatic rings. The Hall–Kier alpha value is -2.26. The summed E-state index contributed by atoms with van der Waals surface area (Å²) >= 11 is 1.48. The molecule has 2 aromatic heterocycles. The Morgan fingerprint density at radius 2 is 2.19 bits per heavy atom. The number of rotatable bonds is 8. The van der Waals surface area contributed by atoms with E-state index in [1.165, 1.54) is 17.8 Å². The maximum Gasteiger partial charge on any atom is 0.190 e. The minimum atomic E-state index is -0.631. The van der Waals surface area contributed by atoms with Crippen LogP contribution in [0.5, 0.6) is 0 Å². The fourth-order valence-electron chi connectivity index (χ4n) is 3.68. The molecular formula is C23H25FN2O4S. The van der Waals surface area contributed by atoms with Crippen LogP contribution in [-0.2, 0) is 20.6 Å². The Balaban J connectivity index is 1.53. The molecule has 31 heavy (non-hydrogen) atoms. The first-order valence-corrected chi connectivity index (χ1v) is 11.3. The third-order valence-electron chi connectivity index (χ3n) is 5.21. The van der Waals surface area contributed by atoms with Crippen LogP contribution in [0, 0.1) is 5.82 Å². The van der Waals surface area contributed by atoms with Gasteiger partial charge in [-0.2, -0.15) is 0 Å². The molecule has 164 valence electrons. The van der Waals surface area contributed by atoms with Gasteiger partial charge in [-0.25, -0.2) is 9.37 Å². The van der Waals surface area contributed by atoms with Crippen molar-refractivity contribution in [2.24, 2.45) is 0 Å². The maximum absolute atomic E-state index is 14.6. The van der Waals surface area contributed by atoms with Gasteiger partial charge in [0.2, 0.25) is 0 Å². The van der Waals surface area contributed by atoms with E-state index in [0.717, 1.165) is 10.4 Å². The summed E-state index contributed by atoms with van der Waals surface area (Å²) in [5, 5.41) is 0. The summed E-state index contributed by atoms with van der Waals surface area (Å²) in [5.74, 6) is -1.09. The molecule has 8 heteroatoms. The molecule has 0 N–H and O–H groups in total. The number of nitrogens with zero attached hydrogens (tertiary/aromatic N) is 2. The SMILES string of the molecule is CSc1ccc(Cc2c(C(=O)COC[C@H]3COC(C)(C)O3)cc3ccncn23)c(F)c1. The predicted octanol–water partition coefficient (Wildman–Crippen LogP) is 4.14. The van der Waals surface area contributed by atoms with E-state index in [4.69, 9.17) is 14.2 Å². The summed E-state index contributed by atoms with van der Waals surface area (Å²) in [6, 6.07) is 8.78. The highest BCUT2D eigenvalue weighted by Gasteiger charge is 2.32. The van der Waals surface area contributed by atoms with Gasteiger partial charge in [0.15, 0.2) is 11.6 Å². The molecule has 1 fully saturated rings. The van der Waals surface area contributed by atoms with Crippen LogP contribution in [-0.4, -0.2) is 53.1 Å². The minimum Gasteiger partial charge on any atom is -0.371 e. The van der Waals surface area contributed by atoms with Crippen molar-refractivity contribution in [2.75, 3.05) is 26.1 Å². The normalized spacial score (nSPS) is 18.0. The summed E-state index contributed by atoms with van der Waals surface area (Å²) < 4.78 is 33.3. The zero-order valence-electron chi connectivity index (χ0n) is 17.8. The van der Waals surface area contributed by atoms with Crippen molar-refractivity contribution < 1.29 is 23.4 Å². The third-order valence-corrected chi connectivity index (χ3v) is 5.93. The summed E-state index contributed by atoms with van der Waals surface area (Å²) in [4.78, 5) is 18.0. The molecule has 0 aliphatic carbocycles. The van der Waals surface area contributed by atoms with Crippen LogP contribution in [0.1, 0.15) is 35.5 Å². The van der Waals surface area contributed by atoms with E-state index in [9.17, 15) is 9.18 Å². The van der Waals surface area contributed by atoms with Gasteiger partial charge in [-0.15, -0.1) is 11.8 Å². The Kier molecular flexibility index (Phi) is 6.43. The van der Waals surface area contributed by atoms with Crippen LogP contribution < -0.4 is 0 Å². The number of ether oxygens (including phenoxy) is 3. The van der Waals surface area contributed by atoms with Crippen LogP contribution in [0.3, 0.4) is 0 Å². The molecular weight excluding hydrogens is 419 g/mol. The van der Waals surface area contributed by atoms with Crippen molar-refractivity contribution in [1.29, 1.82) is 0 Å². The largest absolute Gasteiger partial charge is 0.371 e. The topological polar surface area (TPSA) is 62.1 Å². The van der Waals surface area contributed by atoms with Gasteiger partial charge in [0.05, 0.1) is 19.5 Å². The van der Waals surface area contributed by atoms with Gasteiger partial charge in [-0.3, -0.25) is 4.79 Å². The molecule has 6 nitrogen and oxygen atoms in total. The van der Waals surface area contributed by atoms with Gasteiger partial charge >= 0.3 is 0 Å². The highest BCUT2D eigenvalue weighted by Crippen LogP contribution is 2.25. The van der Waals surface area contributed by atoms with Crippen molar-refractivity contribution in [3.63, 3.8) is 0 Å². The standard InChI is InChI=1S/C23H25FN2O4S/c1-23(2)29-12-17(30-23)11-28-13-22(27)19-9-16-6-7-25-14-26(16)21(19)8-15-4-5-18(31-3)10-20(15)24/h4-7,9-10,14,17H,8,11-13H2,1-3H3/t17-/m0/s1. The highest BCUT2D eigenvalue weighted by atomic mass is 32.2. The summed E-state index contributed by atoms with van der Waals surface area (Å²) in [6.45, 7) is 4.29. The van der Waals surface area contributed by atoms with E-state index in [1.807, 2.05) is 36.6 Å². The zero-order valence-corrected chi connectivity index (χ0v) is 18.6. The molecule has 0 amide bonds. The van der Waals surface area contributed by atoms with Crippen molar-refractivity contribution in [1.82, 2.24) is 9.38 Å². The number of carbonyl (C=O) groups is 1. The number of fused-ring (bicyclic) bond motifs is 1. The number of aromatic nitrogens is 2. The van der Waals surface area contributed by atoms with E-state index in [2.05, 4.69) is 4.98 Å². The quantitative estimate of drug-likeness (QED) is 0.385. The van der Waals surface area contributed by atoms with Crippen molar-refractivity contribution in [2.45, 2.75) is 37.1 Å². The summed E-state index contributed by atoms with van der Waals surface area (Å²) in [7, 11) is 0. The number of halogens is 1. The third kappa shape index (κ3) is 4.98. The second-order valence-electron chi connectivity index (χ2n) is 7.90. The molecule has 1 aliphatic heterocycles. The average molecular weight is 445 g/mol. The monoisotopic (exact) mass is 444 g/mol. The van der Waals surface area contributed by atoms with Gasteiger partial charge in [0.1, 0.15) is 18.5 Å². The lowest BCUT2D eigenvalue weighted by atomic mass is 10.0. The first-order valence-electron chi connectivity index (χ1n) is 10.1. The van der Waals surface area contributed by atoms with E-state index in [0.29, 0.717) is 23.4 Å². The Labute approximate surface area is 184 Å². The van der Waals surface area contributed by atoms with Crippen LogP contribution in [0.4, 0.5) is 4.39 Å². The summed E-state index contributed by atoms with van der Waals surface area (Å²) in [6.07, 6.45) is 5.28. The van der Waals surface area contributed by atoms with Crippen LogP contribution in [0.25, 0.3) is 5.52 Å². The number of hydrogen-bond donors (Lipinski definition) is 0. The van der Waals surface area contributed by atoms with E-state index in [1.54, 1.807) is 24.7 Å².